The fourth-order valence-corrected chi connectivity index (χ4v) is 14.7. The monoisotopic (exact) mass is 411 g/mol. The second-order valence-electron chi connectivity index (χ2n) is 5.76. The van der Waals surface area contributed by atoms with Crippen molar-refractivity contribution in [1.82, 2.24) is 4.98 Å². The average Bonchev–Trinajstić information content (AvgIpc) is 2.58. The van der Waals surface area contributed by atoms with Crippen LogP contribution in [0, 0.1) is 0 Å². The van der Waals surface area contributed by atoms with E-state index in [0.29, 0.717) is 0 Å². The van der Waals surface area contributed by atoms with Crippen LogP contribution in [0.4, 0.5) is 0 Å². The summed E-state index contributed by atoms with van der Waals surface area (Å²) in [6.07, 6.45) is 0. The second-order valence-corrected chi connectivity index (χ2v) is 14.3. The zero-order valence-electron chi connectivity index (χ0n) is 12.1. The van der Waals surface area contributed by atoms with Crippen molar-refractivity contribution in [2.24, 2.45) is 0 Å². The van der Waals surface area contributed by atoms with Crippen LogP contribution in [0.5, 0.6) is 0 Å². The molecule has 0 atom stereocenters. The molecule has 0 N–H and O–H groups in total. The van der Waals surface area contributed by atoms with Crippen LogP contribution < -0.4 is 4.63 Å². The number of hydrogen-bond acceptors (Lipinski definition) is 2. The zero-order chi connectivity index (χ0) is 14.1. The molecule has 104 valence electrons. The van der Waals surface area contributed by atoms with E-state index < -0.39 is 8.07 Å². The maximum Gasteiger partial charge on any atom is 0.131 e. The van der Waals surface area contributed by atoms with Crippen molar-refractivity contribution >= 4 is 55.9 Å². The summed E-state index contributed by atoms with van der Waals surface area (Å²) >= 11 is 9.07. The van der Waals surface area contributed by atoms with E-state index in [2.05, 4.69) is 73.4 Å². The lowest BCUT2D eigenvalue weighted by Gasteiger charge is -2.41. The third-order valence-electron chi connectivity index (χ3n) is 4.01. The molecule has 0 saturated heterocycles. The molecule has 5 heteroatoms. The Kier molecular flexibility index (Phi) is 6.09. The van der Waals surface area contributed by atoms with E-state index in [0.717, 1.165) is 26.6 Å². The van der Waals surface area contributed by atoms with Crippen LogP contribution in [0.1, 0.15) is 46.4 Å². The first-order valence-corrected chi connectivity index (χ1v) is 11.5. The Balaban J connectivity index is 3.41. The Bertz CT molecular complexity index is 380. The van der Waals surface area contributed by atoms with Crippen molar-refractivity contribution in [2.75, 3.05) is 0 Å². The Morgan fingerprint density at radius 2 is 1.50 bits per heavy atom. The first-order chi connectivity index (χ1) is 8.28. The van der Waals surface area contributed by atoms with Gasteiger partial charge in [0.05, 0.1) is 4.63 Å². The van der Waals surface area contributed by atoms with Gasteiger partial charge in [0, 0.05) is 10.2 Å². The number of nitrogens with zero attached hydrogens (tertiary/aromatic N) is 1. The minimum atomic E-state index is -1.57. The van der Waals surface area contributed by atoms with Crippen molar-refractivity contribution in [3.05, 3.63) is 9.48 Å². The number of hydrogen-bond donors (Lipinski definition) is 0. The maximum absolute atomic E-state index is 4.88. The van der Waals surface area contributed by atoms with Crippen LogP contribution in [0.15, 0.2) is 4.60 Å². The van der Waals surface area contributed by atoms with Gasteiger partial charge in [0.1, 0.15) is 12.7 Å². The fourth-order valence-electron chi connectivity index (χ4n) is 3.34. The molecule has 1 heterocycles. The van der Waals surface area contributed by atoms with Crippen LogP contribution in [0.25, 0.3) is 0 Å². The molecule has 0 aliphatic heterocycles. The van der Waals surface area contributed by atoms with Crippen LogP contribution in [-0.2, 0) is 5.33 Å². The van der Waals surface area contributed by atoms with Crippen molar-refractivity contribution in [3.63, 3.8) is 0 Å². The topological polar surface area (TPSA) is 12.9 Å². The smallest absolute Gasteiger partial charge is 0.131 e. The summed E-state index contributed by atoms with van der Waals surface area (Å²) in [4.78, 5) is 6.21. The largest absolute Gasteiger partial charge is 0.239 e. The van der Waals surface area contributed by atoms with Crippen LogP contribution in [0.2, 0.25) is 16.6 Å². The van der Waals surface area contributed by atoms with Gasteiger partial charge in [-0.2, -0.15) is 0 Å². The quantitative estimate of drug-likeness (QED) is 0.447. The molecule has 0 amide bonds. The summed E-state index contributed by atoms with van der Waals surface area (Å²) in [5.74, 6) is 0. The Morgan fingerprint density at radius 3 is 1.78 bits per heavy atom. The van der Waals surface area contributed by atoms with Gasteiger partial charge in [-0.1, -0.05) is 57.5 Å². The first kappa shape index (κ1) is 16.9. The lowest BCUT2D eigenvalue weighted by atomic mass is 10.5. The van der Waals surface area contributed by atoms with Crippen molar-refractivity contribution in [3.8, 4) is 0 Å². The van der Waals surface area contributed by atoms with E-state index in [9.17, 15) is 0 Å². The molecule has 0 radical (unpaired) electrons. The second kappa shape index (κ2) is 6.51. The third kappa shape index (κ3) is 2.79. The fraction of sp³-hybridized carbons (Fsp3) is 0.769. The van der Waals surface area contributed by atoms with Gasteiger partial charge < -0.3 is 0 Å². The molecular formula is C13H23Br2NSSi. The van der Waals surface area contributed by atoms with Crippen LogP contribution in [-0.4, -0.2) is 13.1 Å². The normalized spacial score (nSPS) is 13.1. The molecule has 0 aliphatic carbocycles. The Hall–Kier alpha value is 0.807. The van der Waals surface area contributed by atoms with Gasteiger partial charge in [0.2, 0.25) is 0 Å². The lowest BCUT2D eigenvalue weighted by Crippen LogP contribution is -2.55. The minimum Gasteiger partial charge on any atom is -0.239 e. The summed E-state index contributed by atoms with van der Waals surface area (Å²) in [6, 6.07) is 0. The molecule has 0 saturated carbocycles. The molecule has 0 fully saturated rings. The lowest BCUT2D eigenvalue weighted by molar-refractivity contribution is 0.833. The zero-order valence-corrected chi connectivity index (χ0v) is 17.0. The van der Waals surface area contributed by atoms with E-state index in [4.69, 9.17) is 4.98 Å². The Labute approximate surface area is 133 Å². The van der Waals surface area contributed by atoms with Crippen molar-refractivity contribution in [2.45, 2.75) is 63.5 Å². The molecule has 0 bridgehead atoms. The molecule has 0 spiro atoms. The number of thiazole rings is 1. The SMILES string of the molecule is CC(C)[Si](c1nc(Br)c(CBr)s1)(C(C)C)C(C)C. The van der Waals surface area contributed by atoms with Crippen molar-refractivity contribution < 1.29 is 0 Å². The first-order valence-electron chi connectivity index (χ1n) is 6.50. The molecule has 1 aromatic heterocycles. The van der Waals surface area contributed by atoms with Gasteiger partial charge in [-0.15, -0.1) is 11.3 Å². The van der Waals surface area contributed by atoms with Crippen LogP contribution >= 0.6 is 43.2 Å². The average molecular weight is 413 g/mol. The highest BCUT2D eigenvalue weighted by atomic mass is 79.9. The highest BCUT2D eigenvalue weighted by molar-refractivity contribution is 9.10. The van der Waals surface area contributed by atoms with Gasteiger partial charge in [-0.25, -0.2) is 4.98 Å². The number of alkyl halides is 1. The minimum absolute atomic E-state index is 0.721. The Morgan fingerprint density at radius 1 is 1.06 bits per heavy atom. The molecule has 1 nitrogen and oxygen atoms in total. The molecule has 1 rings (SSSR count). The molecule has 0 unspecified atom stereocenters. The van der Waals surface area contributed by atoms with Crippen molar-refractivity contribution in [1.29, 1.82) is 0 Å². The molecule has 1 aromatic rings. The van der Waals surface area contributed by atoms with Gasteiger partial charge in [0.15, 0.2) is 0 Å². The van der Waals surface area contributed by atoms with Crippen LogP contribution in [0.3, 0.4) is 0 Å². The van der Waals surface area contributed by atoms with E-state index in [-0.39, 0.29) is 0 Å². The molecule has 18 heavy (non-hydrogen) atoms. The highest BCUT2D eigenvalue weighted by Crippen LogP contribution is 2.42. The summed E-state index contributed by atoms with van der Waals surface area (Å²) in [7, 11) is -1.57. The summed E-state index contributed by atoms with van der Waals surface area (Å²) in [5, 5.41) is 0.893. The van der Waals surface area contributed by atoms with E-state index >= 15 is 0 Å². The summed E-state index contributed by atoms with van der Waals surface area (Å²) in [5.41, 5.74) is 2.16. The summed E-state index contributed by atoms with van der Waals surface area (Å²) < 4.78 is 2.46. The molecule has 0 aliphatic rings. The molecule has 0 aromatic carbocycles. The number of aromatic nitrogens is 1. The van der Waals surface area contributed by atoms with E-state index in [1.807, 2.05) is 11.3 Å². The summed E-state index contributed by atoms with van der Waals surface area (Å²) in [6.45, 7) is 14.3. The molecular weight excluding hydrogens is 390 g/mol. The van der Waals surface area contributed by atoms with Gasteiger partial charge >= 0.3 is 0 Å². The third-order valence-corrected chi connectivity index (χ3v) is 14.7. The predicted molar refractivity (Wildman–Crippen MR) is 93.1 cm³/mol. The van der Waals surface area contributed by atoms with Gasteiger partial charge in [-0.05, 0) is 32.6 Å². The number of halogens is 2. The van der Waals surface area contributed by atoms with E-state index in [1.54, 1.807) is 0 Å². The maximum atomic E-state index is 4.88. The number of rotatable bonds is 5. The van der Waals surface area contributed by atoms with Gasteiger partial charge in [0.25, 0.3) is 0 Å². The highest BCUT2D eigenvalue weighted by Gasteiger charge is 2.47. The van der Waals surface area contributed by atoms with E-state index in [1.165, 1.54) is 9.51 Å². The predicted octanol–water partition coefficient (Wildman–Crippen LogP) is 5.69. The standard InChI is InChI=1S/C13H23Br2NSSi/c1-8(2)18(9(3)4,10(5)6)13-16-12(15)11(7-14)17-13/h8-10H,7H2,1-6H3. The van der Waals surface area contributed by atoms with Gasteiger partial charge in [-0.3, -0.25) is 0 Å².